The molecule has 3 atom stereocenters. The van der Waals surface area contributed by atoms with E-state index in [2.05, 4.69) is 21.3 Å². The molecule has 4 N–H and O–H groups in total. The fraction of sp³-hybridized carbons (Fsp3) is 0.773. The number of hydrogen-bond acceptors (Lipinski definition) is 5. The molecule has 9 nitrogen and oxygen atoms in total. The van der Waals surface area contributed by atoms with Crippen LogP contribution in [0.2, 0.25) is 0 Å². The summed E-state index contributed by atoms with van der Waals surface area (Å²) in [6, 6.07) is -2.14. The number of nitrogens with one attached hydrogen (secondary N) is 4. The summed E-state index contributed by atoms with van der Waals surface area (Å²) in [5.41, 5.74) is 0. The van der Waals surface area contributed by atoms with E-state index in [1.165, 1.54) is 20.3 Å². The maximum absolute atomic E-state index is 12.5. The quantitative estimate of drug-likeness (QED) is 0.335. The fourth-order valence-electron chi connectivity index (χ4n) is 3.85. The number of hydrogen-bond donors (Lipinski definition) is 4. The van der Waals surface area contributed by atoms with Crippen LogP contribution in [-0.2, 0) is 24.0 Å². The van der Waals surface area contributed by atoms with Crippen LogP contribution >= 0.6 is 0 Å². The van der Waals surface area contributed by atoms with E-state index in [1.54, 1.807) is 0 Å². The van der Waals surface area contributed by atoms with Crippen LogP contribution in [0.25, 0.3) is 0 Å². The zero-order valence-corrected chi connectivity index (χ0v) is 19.2. The Kier molecular flexibility index (Phi) is 11.8. The maximum Gasteiger partial charge on any atom is 0.243 e. The average Bonchev–Trinajstić information content (AvgIpc) is 2.70. The molecule has 0 aromatic heterocycles. The second-order valence-corrected chi connectivity index (χ2v) is 8.88. The first-order valence-corrected chi connectivity index (χ1v) is 11.2. The zero-order valence-electron chi connectivity index (χ0n) is 19.2. The van der Waals surface area contributed by atoms with Crippen molar-refractivity contribution >= 4 is 29.9 Å². The van der Waals surface area contributed by atoms with Crippen LogP contribution in [0, 0.1) is 11.8 Å². The summed E-state index contributed by atoms with van der Waals surface area (Å²) >= 11 is 0. The van der Waals surface area contributed by atoms with Gasteiger partial charge in [-0.15, -0.1) is 0 Å². The molecule has 31 heavy (non-hydrogen) atoms. The SMILES string of the molecule is CC(=O)NC(CC1CCCCC1)C(=O)NCC(=O)NC(C)C(=O)N[C@H](C=O)CC(C)C. The first-order valence-electron chi connectivity index (χ1n) is 11.2. The van der Waals surface area contributed by atoms with E-state index in [4.69, 9.17) is 0 Å². The first-order chi connectivity index (χ1) is 14.6. The highest BCUT2D eigenvalue weighted by atomic mass is 16.2. The summed E-state index contributed by atoms with van der Waals surface area (Å²) < 4.78 is 0. The summed E-state index contributed by atoms with van der Waals surface area (Å²) in [5.74, 6) is -1.08. The van der Waals surface area contributed by atoms with Crippen molar-refractivity contribution in [2.45, 2.75) is 90.8 Å². The molecule has 0 radical (unpaired) electrons. The van der Waals surface area contributed by atoms with Crippen LogP contribution in [0.5, 0.6) is 0 Å². The predicted molar refractivity (Wildman–Crippen MR) is 117 cm³/mol. The van der Waals surface area contributed by atoms with Gasteiger partial charge < -0.3 is 26.1 Å². The lowest BCUT2D eigenvalue weighted by Crippen LogP contribution is -2.52. The molecule has 4 amide bonds. The van der Waals surface area contributed by atoms with Crippen molar-refractivity contribution in [3.63, 3.8) is 0 Å². The number of amides is 4. The Bertz CT molecular complexity index is 631. The van der Waals surface area contributed by atoms with Gasteiger partial charge in [0.1, 0.15) is 18.4 Å². The number of rotatable bonds is 12. The van der Waals surface area contributed by atoms with Crippen molar-refractivity contribution in [2.24, 2.45) is 11.8 Å². The number of aldehydes is 1. The monoisotopic (exact) mass is 438 g/mol. The van der Waals surface area contributed by atoms with Gasteiger partial charge >= 0.3 is 0 Å². The molecule has 9 heteroatoms. The van der Waals surface area contributed by atoms with E-state index in [-0.39, 0.29) is 18.4 Å². The highest BCUT2D eigenvalue weighted by Gasteiger charge is 2.26. The van der Waals surface area contributed by atoms with Gasteiger partial charge in [0.25, 0.3) is 0 Å². The van der Waals surface area contributed by atoms with Crippen LogP contribution in [0.4, 0.5) is 0 Å². The lowest BCUT2D eigenvalue weighted by Gasteiger charge is -2.26. The molecule has 0 heterocycles. The third-order valence-electron chi connectivity index (χ3n) is 5.40. The Hall–Kier alpha value is -2.45. The lowest BCUT2D eigenvalue weighted by atomic mass is 9.84. The third-order valence-corrected chi connectivity index (χ3v) is 5.40. The first kappa shape index (κ1) is 26.6. The minimum Gasteiger partial charge on any atom is -0.345 e. The largest absolute Gasteiger partial charge is 0.345 e. The summed E-state index contributed by atoms with van der Waals surface area (Å²) in [5, 5.41) is 10.3. The Morgan fingerprint density at radius 3 is 2.13 bits per heavy atom. The van der Waals surface area contributed by atoms with Gasteiger partial charge in [-0.05, 0) is 31.6 Å². The Labute approximate surface area is 184 Å². The molecule has 2 unspecified atom stereocenters. The zero-order chi connectivity index (χ0) is 23.4. The highest BCUT2D eigenvalue weighted by Crippen LogP contribution is 2.27. The molecule has 176 valence electrons. The molecule has 1 rings (SSSR count). The second kappa shape index (κ2) is 13.8. The molecule has 0 aromatic rings. The van der Waals surface area contributed by atoms with Crippen molar-refractivity contribution in [1.29, 1.82) is 0 Å². The van der Waals surface area contributed by atoms with Crippen LogP contribution < -0.4 is 21.3 Å². The maximum atomic E-state index is 12.5. The van der Waals surface area contributed by atoms with E-state index in [0.717, 1.165) is 25.7 Å². The van der Waals surface area contributed by atoms with E-state index in [1.807, 2.05) is 13.8 Å². The van der Waals surface area contributed by atoms with E-state index >= 15 is 0 Å². The van der Waals surface area contributed by atoms with Gasteiger partial charge in [0.05, 0.1) is 12.6 Å². The second-order valence-electron chi connectivity index (χ2n) is 8.88. The van der Waals surface area contributed by atoms with Crippen LogP contribution in [0.1, 0.15) is 72.6 Å². The summed E-state index contributed by atoms with van der Waals surface area (Å²) in [4.78, 5) is 59.5. The van der Waals surface area contributed by atoms with Crippen LogP contribution in [0.15, 0.2) is 0 Å². The molecule has 0 aliphatic heterocycles. The fourth-order valence-corrected chi connectivity index (χ4v) is 3.85. The molecular formula is C22H38N4O5. The lowest BCUT2D eigenvalue weighted by molar-refractivity contribution is -0.131. The summed E-state index contributed by atoms with van der Waals surface area (Å²) in [6.07, 6.45) is 7.27. The van der Waals surface area contributed by atoms with Gasteiger partial charge in [-0.25, -0.2) is 0 Å². The van der Waals surface area contributed by atoms with E-state index < -0.39 is 35.8 Å². The van der Waals surface area contributed by atoms with Gasteiger partial charge in [0, 0.05) is 6.92 Å². The minimum atomic E-state index is -0.854. The highest BCUT2D eigenvalue weighted by molar-refractivity contribution is 5.92. The van der Waals surface area contributed by atoms with Crippen molar-refractivity contribution in [3.8, 4) is 0 Å². The molecule has 1 fully saturated rings. The molecular weight excluding hydrogens is 400 g/mol. The molecule has 0 saturated heterocycles. The van der Waals surface area contributed by atoms with Crippen LogP contribution in [0.3, 0.4) is 0 Å². The molecule has 1 aliphatic rings. The number of carbonyl (C=O) groups is 5. The molecule has 1 saturated carbocycles. The van der Waals surface area contributed by atoms with Gasteiger partial charge in [-0.3, -0.25) is 19.2 Å². The third kappa shape index (κ3) is 10.9. The Morgan fingerprint density at radius 2 is 1.58 bits per heavy atom. The van der Waals surface area contributed by atoms with Crippen molar-refractivity contribution < 1.29 is 24.0 Å². The summed E-state index contributed by atoms with van der Waals surface area (Å²) in [7, 11) is 0. The Balaban J connectivity index is 2.49. The smallest absolute Gasteiger partial charge is 0.243 e. The van der Waals surface area contributed by atoms with Gasteiger partial charge in [0.2, 0.25) is 23.6 Å². The standard InChI is InChI=1S/C22H38N4O5/c1-14(2)10-18(13-27)26-21(30)15(3)24-20(29)12-23-22(31)19(25-16(4)28)11-17-8-6-5-7-9-17/h13-15,17-19H,5-12H2,1-4H3,(H,23,31)(H,24,29)(H,25,28)(H,26,30)/t15?,18-,19?/m0/s1. The van der Waals surface area contributed by atoms with Crippen molar-refractivity contribution in [1.82, 2.24) is 21.3 Å². The Morgan fingerprint density at radius 1 is 0.935 bits per heavy atom. The van der Waals surface area contributed by atoms with Crippen molar-refractivity contribution in [2.75, 3.05) is 6.54 Å². The topological polar surface area (TPSA) is 133 Å². The van der Waals surface area contributed by atoms with Crippen molar-refractivity contribution in [3.05, 3.63) is 0 Å². The molecule has 1 aliphatic carbocycles. The van der Waals surface area contributed by atoms with Crippen LogP contribution in [-0.4, -0.2) is 54.6 Å². The van der Waals surface area contributed by atoms with E-state index in [0.29, 0.717) is 25.0 Å². The van der Waals surface area contributed by atoms with Gasteiger partial charge in [0.15, 0.2) is 0 Å². The molecule has 0 spiro atoms. The van der Waals surface area contributed by atoms with Gasteiger partial charge in [-0.2, -0.15) is 0 Å². The molecule has 0 aromatic carbocycles. The predicted octanol–water partition coefficient (Wildman–Crippen LogP) is 0.812. The average molecular weight is 439 g/mol. The number of carbonyl (C=O) groups excluding carboxylic acids is 5. The summed E-state index contributed by atoms with van der Waals surface area (Å²) in [6.45, 7) is 6.45. The normalized spacial score (nSPS) is 17.2. The molecule has 0 bridgehead atoms. The van der Waals surface area contributed by atoms with Gasteiger partial charge in [-0.1, -0.05) is 46.0 Å². The van der Waals surface area contributed by atoms with E-state index in [9.17, 15) is 24.0 Å². The minimum absolute atomic E-state index is 0.237.